The van der Waals surface area contributed by atoms with Crippen molar-refractivity contribution in [1.82, 2.24) is 4.90 Å². The number of hydrogen-bond donors (Lipinski definition) is 1. The Labute approximate surface area is 99.6 Å². The molecule has 3 nitrogen and oxygen atoms in total. The summed E-state index contributed by atoms with van der Waals surface area (Å²) >= 11 is 5.75. The van der Waals surface area contributed by atoms with Crippen LogP contribution in [-0.2, 0) is 4.79 Å². The van der Waals surface area contributed by atoms with E-state index in [0.29, 0.717) is 17.9 Å². The number of halogens is 1. The maximum absolute atomic E-state index is 11.4. The highest BCUT2D eigenvalue weighted by Crippen LogP contribution is 2.21. The number of carbonyl (C=O) groups is 1. The summed E-state index contributed by atoms with van der Waals surface area (Å²) in [5.74, 6) is 0.132. The molecule has 0 radical (unpaired) electrons. The molecule has 0 aliphatic carbocycles. The van der Waals surface area contributed by atoms with Crippen LogP contribution in [0.4, 0.5) is 0 Å². The number of aliphatic hydroxyl groups excluding tert-OH is 1. The molecule has 16 heavy (non-hydrogen) atoms. The first-order chi connectivity index (χ1) is 7.66. The van der Waals surface area contributed by atoms with Crippen molar-refractivity contribution in [2.75, 3.05) is 13.1 Å². The number of nitrogens with zero attached hydrogens (tertiary/aromatic N) is 1. The van der Waals surface area contributed by atoms with Crippen LogP contribution in [0.15, 0.2) is 24.3 Å². The lowest BCUT2D eigenvalue weighted by atomic mass is 10.0. The van der Waals surface area contributed by atoms with Crippen molar-refractivity contribution in [3.8, 4) is 0 Å². The standard InChI is InChI=1S/C12H14ClNO2/c13-10-3-1-9(2-4-10)11(15)5-6-12(16)14-7-8-14/h1-4,11,15H,5-8H2. The molecule has 0 spiro atoms. The fourth-order valence-electron chi connectivity index (χ4n) is 1.57. The van der Waals surface area contributed by atoms with Gasteiger partial charge in [-0.25, -0.2) is 0 Å². The summed E-state index contributed by atoms with van der Waals surface area (Å²) in [7, 11) is 0. The van der Waals surface area contributed by atoms with E-state index >= 15 is 0 Å². The predicted molar refractivity (Wildman–Crippen MR) is 62.2 cm³/mol. The Morgan fingerprint density at radius 1 is 1.38 bits per heavy atom. The fraction of sp³-hybridized carbons (Fsp3) is 0.417. The first kappa shape index (κ1) is 11.4. The van der Waals surface area contributed by atoms with Gasteiger partial charge in [-0.3, -0.25) is 4.79 Å². The Bertz CT molecular complexity index is 373. The average molecular weight is 240 g/mol. The van der Waals surface area contributed by atoms with Gasteiger partial charge in [0.1, 0.15) is 0 Å². The van der Waals surface area contributed by atoms with Crippen LogP contribution in [0.25, 0.3) is 0 Å². The Balaban J connectivity index is 1.84. The lowest BCUT2D eigenvalue weighted by Gasteiger charge is -2.10. The van der Waals surface area contributed by atoms with Crippen LogP contribution in [-0.4, -0.2) is 29.0 Å². The SMILES string of the molecule is O=C(CCC(O)c1ccc(Cl)cc1)N1CC1. The van der Waals surface area contributed by atoms with Crippen LogP contribution >= 0.6 is 11.6 Å². The summed E-state index contributed by atoms with van der Waals surface area (Å²) < 4.78 is 0. The quantitative estimate of drug-likeness (QED) is 0.817. The lowest BCUT2D eigenvalue weighted by molar-refractivity contribution is -0.126. The number of hydrogen-bond acceptors (Lipinski definition) is 2. The van der Waals surface area contributed by atoms with Gasteiger partial charge in [0.15, 0.2) is 0 Å². The zero-order chi connectivity index (χ0) is 11.5. The van der Waals surface area contributed by atoms with E-state index in [1.807, 2.05) is 0 Å². The van der Waals surface area contributed by atoms with Gasteiger partial charge in [-0.15, -0.1) is 0 Å². The minimum atomic E-state index is -0.582. The lowest BCUT2D eigenvalue weighted by Crippen LogP contribution is -2.11. The molecule has 1 atom stereocenters. The average Bonchev–Trinajstić information content (AvgIpc) is 3.10. The Morgan fingerprint density at radius 2 is 2.00 bits per heavy atom. The van der Waals surface area contributed by atoms with Crippen molar-refractivity contribution in [2.24, 2.45) is 0 Å². The van der Waals surface area contributed by atoms with E-state index in [0.717, 1.165) is 18.7 Å². The van der Waals surface area contributed by atoms with Gasteiger partial charge < -0.3 is 10.0 Å². The van der Waals surface area contributed by atoms with E-state index in [1.54, 1.807) is 29.2 Å². The van der Waals surface area contributed by atoms with Crippen LogP contribution < -0.4 is 0 Å². The van der Waals surface area contributed by atoms with E-state index < -0.39 is 6.10 Å². The number of carbonyl (C=O) groups excluding carboxylic acids is 1. The molecule has 1 amide bonds. The largest absolute Gasteiger partial charge is 0.388 e. The molecule has 86 valence electrons. The molecule has 1 unspecified atom stereocenters. The van der Waals surface area contributed by atoms with Gasteiger partial charge in [0.05, 0.1) is 6.10 Å². The van der Waals surface area contributed by atoms with Crippen molar-refractivity contribution in [3.05, 3.63) is 34.9 Å². The number of benzene rings is 1. The van der Waals surface area contributed by atoms with Gasteiger partial charge >= 0.3 is 0 Å². The summed E-state index contributed by atoms with van der Waals surface area (Å²) in [6.45, 7) is 1.74. The number of rotatable bonds is 4. The zero-order valence-corrected chi connectivity index (χ0v) is 9.65. The monoisotopic (exact) mass is 239 g/mol. The molecular weight excluding hydrogens is 226 g/mol. The molecule has 1 aliphatic rings. The molecule has 1 aliphatic heterocycles. The van der Waals surface area contributed by atoms with E-state index in [-0.39, 0.29) is 5.91 Å². The Kier molecular flexibility index (Phi) is 3.46. The van der Waals surface area contributed by atoms with Crippen LogP contribution in [0.1, 0.15) is 24.5 Å². The summed E-state index contributed by atoms with van der Waals surface area (Å²) in [5.41, 5.74) is 0.808. The molecule has 1 N–H and O–H groups in total. The molecule has 2 rings (SSSR count). The third-order valence-corrected chi connectivity index (χ3v) is 2.94. The van der Waals surface area contributed by atoms with Crippen LogP contribution in [0.5, 0.6) is 0 Å². The van der Waals surface area contributed by atoms with Gasteiger partial charge in [0, 0.05) is 24.5 Å². The topological polar surface area (TPSA) is 40.3 Å². The molecule has 1 heterocycles. The third-order valence-electron chi connectivity index (χ3n) is 2.69. The minimum Gasteiger partial charge on any atom is -0.388 e. The number of aliphatic hydroxyl groups is 1. The molecule has 0 saturated carbocycles. The maximum Gasteiger partial charge on any atom is 0.222 e. The second kappa shape index (κ2) is 4.85. The van der Waals surface area contributed by atoms with Crippen LogP contribution in [0.3, 0.4) is 0 Å². The first-order valence-corrected chi connectivity index (χ1v) is 5.76. The van der Waals surface area contributed by atoms with E-state index in [2.05, 4.69) is 0 Å². The van der Waals surface area contributed by atoms with Crippen molar-refractivity contribution in [3.63, 3.8) is 0 Å². The fourth-order valence-corrected chi connectivity index (χ4v) is 1.70. The highest BCUT2D eigenvalue weighted by atomic mass is 35.5. The molecule has 1 fully saturated rings. The van der Waals surface area contributed by atoms with E-state index in [4.69, 9.17) is 11.6 Å². The van der Waals surface area contributed by atoms with E-state index in [1.165, 1.54) is 0 Å². The van der Waals surface area contributed by atoms with Gasteiger partial charge in [0.25, 0.3) is 0 Å². The smallest absolute Gasteiger partial charge is 0.222 e. The third kappa shape index (κ3) is 2.97. The summed E-state index contributed by atoms with van der Waals surface area (Å²) in [6, 6.07) is 7.06. The highest BCUT2D eigenvalue weighted by Gasteiger charge is 2.24. The molecule has 1 aromatic carbocycles. The summed E-state index contributed by atoms with van der Waals surface area (Å²) in [6.07, 6.45) is 0.293. The molecule has 0 bridgehead atoms. The normalized spacial score (nSPS) is 16.0. The first-order valence-electron chi connectivity index (χ1n) is 5.38. The van der Waals surface area contributed by atoms with Crippen molar-refractivity contribution in [1.29, 1.82) is 0 Å². The summed E-state index contributed by atoms with van der Waals surface area (Å²) in [4.78, 5) is 13.2. The molecule has 1 aromatic rings. The maximum atomic E-state index is 11.4. The molecule has 1 saturated heterocycles. The molecule has 4 heteroatoms. The highest BCUT2D eigenvalue weighted by molar-refractivity contribution is 6.30. The Hall–Kier alpha value is -1.06. The minimum absolute atomic E-state index is 0.132. The van der Waals surface area contributed by atoms with Crippen LogP contribution in [0.2, 0.25) is 5.02 Å². The second-order valence-electron chi connectivity index (χ2n) is 3.99. The van der Waals surface area contributed by atoms with Gasteiger partial charge in [0.2, 0.25) is 5.91 Å². The zero-order valence-electron chi connectivity index (χ0n) is 8.90. The van der Waals surface area contributed by atoms with E-state index in [9.17, 15) is 9.90 Å². The number of amides is 1. The Morgan fingerprint density at radius 3 is 2.56 bits per heavy atom. The van der Waals surface area contributed by atoms with Crippen LogP contribution in [0, 0.1) is 0 Å². The van der Waals surface area contributed by atoms with Gasteiger partial charge in [-0.1, -0.05) is 23.7 Å². The molecule has 0 aromatic heterocycles. The van der Waals surface area contributed by atoms with Crippen molar-refractivity contribution < 1.29 is 9.90 Å². The van der Waals surface area contributed by atoms with Gasteiger partial charge in [-0.2, -0.15) is 0 Å². The second-order valence-corrected chi connectivity index (χ2v) is 4.42. The van der Waals surface area contributed by atoms with Crippen molar-refractivity contribution in [2.45, 2.75) is 18.9 Å². The summed E-state index contributed by atoms with van der Waals surface area (Å²) in [5, 5.41) is 10.5. The van der Waals surface area contributed by atoms with Gasteiger partial charge in [-0.05, 0) is 24.1 Å². The van der Waals surface area contributed by atoms with Crippen molar-refractivity contribution >= 4 is 17.5 Å². The molecular formula is C12H14ClNO2. The predicted octanol–water partition coefficient (Wildman–Crippen LogP) is 2.00.